The zero-order chi connectivity index (χ0) is 26.6. The number of hydrogen-bond donors (Lipinski definition) is 1. The molecule has 0 saturated carbocycles. The lowest BCUT2D eigenvalue weighted by Gasteiger charge is -2.48. The first kappa shape index (κ1) is 27.1. The number of Topliss-reactive ketones (excluding diaryl/α,β-unsaturated/α-hetero) is 2. The zero-order valence-corrected chi connectivity index (χ0v) is 24.6. The summed E-state index contributed by atoms with van der Waals surface area (Å²) in [4.78, 5) is 41.2. The van der Waals surface area contributed by atoms with E-state index in [1.807, 2.05) is 46.8 Å². The van der Waals surface area contributed by atoms with Gasteiger partial charge in [0.05, 0.1) is 15.6 Å². The molecule has 0 spiro atoms. The van der Waals surface area contributed by atoms with Gasteiger partial charge in [0.2, 0.25) is 0 Å². The van der Waals surface area contributed by atoms with Crippen LogP contribution in [0.4, 0.5) is 0 Å². The van der Waals surface area contributed by atoms with E-state index in [9.17, 15) is 19.5 Å². The Kier molecular flexibility index (Phi) is 7.34. The molecule has 4 rings (SSSR count). The third kappa shape index (κ3) is 5.08. The van der Waals surface area contributed by atoms with Crippen LogP contribution in [0.15, 0.2) is 43.6 Å². The Morgan fingerprint density at radius 1 is 0.972 bits per heavy atom. The molecule has 194 valence electrons. The normalized spacial score (nSPS) is 21.5. The van der Waals surface area contributed by atoms with Gasteiger partial charge in [-0.15, -0.1) is 0 Å². The minimum atomic E-state index is -0.985. The first-order valence-electron chi connectivity index (χ1n) is 12.4. The van der Waals surface area contributed by atoms with Crippen molar-refractivity contribution in [2.24, 2.45) is 10.8 Å². The second kappa shape index (κ2) is 9.75. The maximum absolute atomic E-state index is 13.7. The fourth-order valence-electron chi connectivity index (χ4n) is 5.80. The van der Waals surface area contributed by atoms with E-state index >= 15 is 0 Å². The monoisotopic (exact) mass is 621 g/mol. The molecule has 3 aliphatic rings. The lowest BCUT2D eigenvalue weighted by atomic mass is 9.63. The van der Waals surface area contributed by atoms with Crippen LogP contribution in [0.2, 0.25) is 0 Å². The van der Waals surface area contributed by atoms with Crippen LogP contribution in [0.25, 0.3) is 0 Å². The molecule has 36 heavy (non-hydrogen) atoms. The summed E-state index contributed by atoms with van der Waals surface area (Å²) in [6.45, 7) is 10.5. The van der Waals surface area contributed by atoms with Crippen LogP contribution < -0.4 is 4.74 Å². The van der Waals surface area contributed by atoms with Gasteiger partial charge in [0.1, 0.15) is 12.3 Å². The van der Waals surface area contributed by atoms with E-state index in [4.69, 9.17) is 4.74 Å². The molecule has 0 amide bonds. The van der Waals surface area contributed by atoms with E-state index in [0.29, 0.717) is 49.2 Å². The summed E-state index contributed by atoms with van der Waals surface area (Å²) in [7, 11) is 0. The minimum absolute atomic E-state index is 0.0237. The van der Waals surface area contributed by atoms with Crippen molar-refractivity contribution in [3.63, 3.8) is 0 Å². The molecule has 0 fully saturated rings. The average Bonchev–Trinajstić information content (AvgIpc) is 2.72. The lowest BCUT2D eigenvalue weighted by molar-refractivity contribution is -0.138. The second-order valence-corrected chi connectivity index (χ2v) is 13.4. The first-order chi connectivity index (χ1) is 16.7. The number of ether oxygens (including phenoxy) is 1. The molecule has 1 heterocycles. The van der Waals surface area contributed by atoms with Gasteiger partial charge in [0.25, 0.3) is 0 Å². The highest BCUT2D eigenvalue weighted by Crippen LogP contribution is 2.55. The highest BCUT2D eigenvalue weighted by molar-refractivity contribution is 9.11. The van der Waals surface area contributed by atoms with E-state index in [1.165, 1.54) is 0 Å². The second-order valence-electron chi connectivity index (χ2n) is 11.7. The van der Waals surface area contributed by atoms with E-state index < -0.39 is 11.9 Å². The van der Waals surface area contributed by atoms with Gasteiger partial charge >= 0.3 is 5.97 Å². The maximum Gasteiger partial charge on any atom is 0.323 e. The predicted molar refractivity (Wildman–Crippen MR) is 145 cm³/mol. The number of carbonyl (C=O) groups is 3. The Morgan fingerprint density at radius 3 is 1.86 bits per heavy atom. The van der Waals surface area contributed by atoms with E-state index in [1.54, 1.807) is 4.90 Å². The number of ketones is 2. The number of rotatable bonds is 6. The van der Waals surface area contributed by atoms with Crippen molar-refractivity contribution in [3.05, 3.63) is 49.2 Å². The Bertz CT molecular complexity index is 1130. The van der Waals surface area contributed by atoms with Crippen molar-refractivity contribution in [1.29, 1.82) is 0 Å². The van der Waals surface area contributed by atoms with Crippen molar-refractivity contribution < 1.29 is 24.2 Å². The van der Waals surface area contributed by atoms with Crippen molar-refractivity contribution in [1.82, 2.24) is 4.90 Å². The summed E-state index contributed by atoms with van der Waals surface area (Å²) in [6, 6.07) is 3.87. The van der Waals surface area contributed by atoms with Gasteiger partial charge in [0, 0.05) is 41.3 Å². The molecule has 0 saturated heterocycles. The quantitative estimate of drug-likeness (QED) is 0.377. The molecule has 1 aromatic rings. The Labute approximate surface area is 229 Å². The summed E-state index contributed by atoms with van der Waals surface area (Å²) in [5, 5.41) is 9.81. The molecule has 6 nitrogen and oxygen atoms in total. The summed E-state index contributed by atoms with van der Waals surface area (Å²) in [5.74, 6) is -0.893. The number of hydrogen-bond acceptors (Lipinski definition) is 5. The molecule has 0 radical (unpaired) electrons. The largest absolute Gasteiger partial charge is 0.491 e. The number of carboxylic acid groups (broad SMARTS) is 1. The SMILES string of the molecule is CCCOc1c(Br)cc(C2C3=C(CC(C)(C)CC3=O)N(CC(=O)O)C3=C2C(=O)CC(C)(C)C3)cc1Br. The molecule has 0 atom stereocenters. The third-order valence-corrected chi connectivity index (χ3v) is 8.30. The number of carboxylic acids is 1. The highest BCUT2D eigenvalue weighted by atomic mass is 79.9. The van der Waals surface area contributed by atoms with Crippen LogP contribution in [0.5, 0.6) is 5.75 Å². The topological polar surface area (TPSA) is 83.9 Å². The first-order valence-corrected chi connectivity index (χ1v) is 14.0. The standard InChI is InChI=1S/C28H33Br2NO5/c1-6-7-36-26-16(29)8-15(9-17(26)30)23-24-18(10-27(2,3)12-20(24)32)31(14-22(34)35)19-11-28(4,5)13-21(33)25(19)23/h8-9,23H,6-7,10-14H2,1-5H3,(H,34,35). The van der Waals surface area contributed by atoms with Crippen molar-refractivity contribution in [2.75, 3.05) is 13.2 Å². The maximum atomic E-state index is 13.7. The fourth-order valence-corrected chi connectivity index (χ4v) is 7.25. The molecule has 0 aromatic heterocycles. The van der Waals surface area contributed by atoms with Gasteiger partial charge in [-0.1, -0.05) is 34.6 Å². The van der Waals surface area contributed by atoms with Crippen LogP contribution in [-0.4, -0.2) is 40.7 Å². The number of allylic oxidation sites excluding steroid dienone is 4. The number of aliphatic carboxylic acids is 1. The summed E-state index contributed by atoms with van der Waals surface area (Å²) < 4.78 is 7.39. The summed E-state index contributed by atoms with van der Waals surface area (Å²) in [6.07, 6.45) is 2.72. The predicted octanol–water partition coefficient (Wildman–Crippen LogP) is 6.77. The molecule has 1 aliphatic heterocycles. The van der Waals surface area contributed by atoms with E-state index in [2.05, 4.69) is 31.9 Å². The van der Waals surface area contributed by atoms with Gasteiger partial charge in [-0.3, -0.25) is 14.4 Å². The fraction of sp³-hybridized carbons (Fsp3) is 0.536. The molecular formula is C28H33Br2NO5. The molecular weight excluding hydrogens is 590 g/mol. The highest BCUT2D eigenvalue weighted by Gasteiger charge is 2.49. The van der Waals surface area contributed by atoms with Gasteiger partial charge in [-0.25, -0.2) is 0 Å². The van der Waals surface area contributed by atoms with Gasteiger partial charge < -0.3 is 14.7 Å². The number of halogens is 2. The Balaban J connectivity index is 1.98. The van der Waals surface area contributed by atoms with E-state index in [0.717, 1.165) is 32.3 Å². The molecule has 0 unspecified atom stereocenters. The number of nitrogens with zero attached hydrogens (tertiary/aromatic N) is 1. The van der Waals surface area contributed by atoms with Gasteiger partial charge in [-0.2, -0.15) is 0 Å². The molecule has 1 N–H and O–H groups in total. The smallest absolute Gasteiger partial charge is 0.323 e. The zero-order valence-electron chi connectivity index (χ0n) is 21.5. The minimum Gasteiger partial charge on any atom is -0.491 e. The van der Waals surface area contributed by atoms with Gasteiger partial charge in [-0.05, 0) is 79.6 Å². The average molecular weight is 623 g/mol. The van der Waals surface area contributed by atoms with Crippen LogP contribution in [0.1, 0.15) is 78.2 Å². The Hall–Kier alpha value is -1.93. The molecule has 2 aliphatic carbocycles. The number of benzene rings is 1. The Morgan fingerprint density at radius 2 is 1.44 bits per heavy atom. The third-order valence-electron chi connectivity index (χ3n) is 7.12. The van der Waals surface area contributed by atoms with Crippen LogP contribution >= 0.6 is 31.9 Å². The van der Waals surface area contributed by atoms with Crippen LogP contribution in [0.3, 0.4) is 0 Å². The van der Waals surface area contributed by atoms with Crippen molar-refractivity contribution >= 4 is 49.4 Å². The van der Waals surface area contributed by atoms with Crippen molar-refractivity contribution in [2.45, 2.75) is 72.6 Å². The molecule has 1 aromatic carbocycles. The van der Waals surface area contributed by atoms with Crippen molar-refractivity contribution in [3.8, 4) is 5.75 Å². The summed E-state index contributed by atoms with van der Waals surface area (Å²) in [5.41, 5.74) is 2.81. The molecule has 0 bridgehead atoms. The number of carbonyl (C=O) groups excluding carboxylic acids is 2. The van der Waals surface area contributed by atoms with Crippen LogP contribution in [0, 0.1) is 10.8 Å². The van der Waals surface area contributed by atoms with Crippen LogP contribution in [-0.2, 0) is 14.4 Å². The van der Waals surface area contributed by atoms with E-state index in [-0.39, 0.29) is 28.9 Å². The lowest BCUT2D eigenvalue weighted by Crippen LogP contribution is -2.45. The molecule has 8 heteroatoms. The van der Waals surface area contributed by atoms with Gasteiger partial charge in [0.15, 0.2) is 11.6 Å². The summed E-state index contributed by atoms with van der Waals surface area (Å²) >= 11 is 7.27.